The van der Waals surface area contributed by atoms with Crippen LogP contribution in [0.25, 0.3) is 21.2 Å². The first-order valence-corrected chi connectivity index (χ1v) is 21.9. The van der Waals surface area contributed by atoms with Gasteiger partial charge in [0.1, 0.15) is 0 Å². The molecule has 2 nitrogen and oxygen atoms in total. The quantitative estimate of drug-likeness (QED) is 0.165. The molecule has 7 aromatic rings. The van der Waals surface area contributed by atoms with E-state index in [1.54, 1.807) is 0 Å². The molecule has 0 N–H and O–H groups in total. The van der Waals surface area contributed by atoms with Crippen molar-refractivity contribution in [3.8, 4) is 11.1 Å². The summed E-state index contributed by atoms with van der Waals surface area (Å²) in [5.41, 5.74) is 16.7. The Kier molecular flexibility index (Phi) is 9.77. The molecular formula is C54H57ClN2S. The maximum absolute atomic E-state index is 7.92. The van der Waals surface area contributed by atoms with E-state index < -0.39 is 0 Å². The van der Waals surface area contributed by atoms with Crippen LogP contribution in [0.2, 0.25) is 5.02 Å². The van der Waals surface area contributed by atoms with Crippen molar-refractivity contribution in [2.24, 2.45) is 0 Å². The Balaban J connectivity index is 1.36. The number of thiophene rings is 1. The summed E-state index contributed by atoms with van der Waals surface area (Å²) in [5.74, 6) is 0. The lowest BCUT2D eigenvalue weighted by molar-refractivity contribution is 0.590. The van der Waals surface area contributed by atoms with E-state index in [1.807, 2.05) is 11.3 Å². The first kappa shape index (κ1) is 40.0. The first-order valence-electron chi connectivity index (χ1n) is 20.6. The van der Waals surface area contributed by atoms with Crippen LogP contribution in [0, 0.1) is 6.92 Å². The summed E-state index contributed by atoms with van der Waals surface area (Å²) in [4.78, 5) is 4.72. The minimum absolute atomic E-state index is 0.0267. The summed E-state index contributed by atoms with van der Waals surface area (Å²) in [7, 11) is 0. The minimum atomic E-state index is -0.0683. The molecule has 0 aliphatic heterocycles. The highest BCUT2D eigenvalue weighted by molar-refractivity contribution is 7.17. The van der Waals surface area contributed by atoms with E-state index in [-0.39, 0.29) is 21.7 Å². The third-order valence-corrected chi connectivity index (χ3v) is 13.5. The van der Waals surface area contributed by atoms with Crippen LogP contribution in [0.3, 0.4) is 0 Å². The average molecular weight is 802 g/mol. The van der Waals surface area contributed by atoms with Crippen molar-refractivity contribution in [2.45, 2.75) is 105 Å². The van der Waals surface area contributed by atoms with Crippen molar-refractivity contribution in [2.75, 3.05) is 9.80 Å². The minimum Gasteiger partial charge on any atom is -0.309 e. The van der Waals surface area contributed by atoms with Crippen molar-refractivity contribution in [3.63, 3.8) is 0 Å². The molecule has 0 amide bonds. The molecule has 8 rings (SSSR count). The lowest BCUT2D eigenvalue weighted by atomic mass is 9.82. The molecule has 1 aliphatic rings. The predicted molar refractivity (Wildman–Crippen MR) is 255 cm³/mol. The second-order valence-electron chi connectivity index (χ2n) is 19.9. The lowest BCUT2D eigenvalue weighted by Crippen LogP contribution is -2.16. The van der Waals surface area contributed by atoms with Crippen LogP contribution in [-0.4, -0.2) is 0 Å². The van der Waals surface area contributed by atoms with Gasteiger partial charge in [0, 0.05) is 37.9 Å². The number of anilines is 6. The number of fused-ring (bicyclic) bond motifs is 4. The topological polar surface area (TPSA) is 6.48 Å². The van der Waals surface area contributed by atoms with Crippen LogP contribution in [-0.2, 0) is 21.7 Å². The van der Waals surface area contributed by atoms with Gasteiger partial charge in [0.2, 0.25) is 0 Å². The Bertz CT molecular complexity index is 2580. The van der Waals surface area contributed by atoms with Gasteiger partial charge in [-0.15, -0.1) is 11.3 Å². The molecule has 1 aliphatic carbocycles. The number of nitrogens with zero attached hydrogens (tertiary/aromatic N) is 2. The molecule has 58 heavy (non-hydrogen) atoms. The van der Waals surface area contributed by atoms with Gasteiger partial charge in [0.05, 0.1) is 22.1 Å². The fraction of sp³-hybridized carbons (Fsp3) is 0.296. The van der Waals surface area contributed by atoms with Crippen LogP contribution < -0.4 is 9.80 Å². The first-order chi connectivity index (χ1) is 27.2. The maximum Gasteiger partial charge on any atom is 0.0887 e. The number of halogens is 1. The molecule has 0 radical (unpaired) electrons. The standard InChI is InChI=1S/C54H57ClN2S/c1-34-29-46(56(38-23-17-35(18-24-38)51(2,3)4)39-25-19-36(20-26-39)52(5,6)7)50(55)47(30-34)57(40-27-21-37(22-28-40)53(8,9)10)48-33-58-49-32-45-42(31-43(48)49)41-15-13-14-16-44(41)54(45,11)12/h13-33H,1-12H3. The zero-order chi connectivity index (χ0) is 41.5. The number of aryl methyl sites for hydroxylation is 1. The van der Waals surface area contributed by atoms with Gasteiger partial charge in [-0.2, -0.15) is 0 Å². The largest absolute Gasteiger partial charge is 0.309 e. The number of hydrogen-bond acceptors (Lipinski definition) is 3. The van der Waals surface area contributed by atoms with E-state index in [2.05, 4.69) is 220 Å². The normalized spacial score (nSPS) is 13.7. The molecule has 4 heteroatoms. The van der Waals surface area contributed by atoms with Crippen molar-refractivity contribution in [1.29, 1.82) is 0 Å². The van der Waals surface area contributed by atoms with Crippen molar-refractivity contribution in [1.82, 2.24) is 0 Å². The van der Waals surface area contributed by atoms with Gasteiger partial charge in [-0.3, -0.25) is 0 Å². The Morgan fingerprint density at radius 2 is 0.948 bits per heavy atom. The summed E-state index contributed by atoms with van der Waals surface area (Å²) >= 11 is 9.73. The summed E-state index contributed by atoms with van der Waals surface area (Å²) in [5, 5.41) is 4.24. The molecule has 1 aromatic heterocycles. The fourth-order valence-corrected chi connectivity index (χ4v) is 9.83. The van der Waals surface area contributed by atoms with Gasteiger partial charge in [-0.1, -0.05) is 148 Å². The maximum atomic E-state index is 7.92. The number of hydrogen-bond donors (Lipinski definition) is 0. The van der Waals surface area contributed by atoms with Crippen LogP contribution >= 0.6 is 22.9 Å². The Morgan fingerprint density at radius 1 is 0.500 bits per heavy atom. The average Bonchev–Trinajstić information content (AvgIpc) is 3.67. The van der Waals surface area contributed by atoms with Gasteiger partial charge in [-0.25, -0.2) is 0 Å². The highest BCUT2D eigenvalue weighted by atomic mass is 35.5. The van der Waals surface area contributed by atoms with E-state index >= 15 is 0 Å². The summed E-state index contributed by atoms with van der Waals surface area (Å²) < 4.78 is 1.27. The molecule has 0 unspecified atom stereocenters. The second kappa shape index (κ2) is 14.2. The van der Waals surface area contributed by atoms with Gasteiger partial charge in [-0.05, 0) is 128 Å². The highest BCUT2D eigenvalue weighted by Crippen LogP contribution is 2.54. The van der Waals surface area contributed by atoms with E-state index in [0.717, 1.165) is 39.7 Å². The Morgan fingerprint density at radius 3 is 1.43 bits per heavy atom. The predicted octanol–water partition coefficient (Wildman–Crippen LogP) is 17.0. The third kappa shape index (κ3) is 7.05. The summed E-state index contributed by atoms with van der Waals surface area (Å²) in [6.07, 6.45) is 0. The third-order valence-electron chi connectivity index (χ3n) is 12.1. The van der Waals surface area contributed by atoms with Crippen LogP contribution in [0.1, 0.15) is 110 Å². The monoisotopic (exact) mass is 800 g/mol. The van der Waals surface area contributed by atoms with E-state index in [0.29, 0.717) is 5.02 Å². The fourth-order valence-electron chi connectivity index (χ4n) is 8.60. The van der Waals surface area contributed by atoms with Crippen LogP contribution in [0.4, 0.5) is 34.1 Å². The zero-order valence-electron chi connectivity index (χ0n) is 36.3. The van der Waals surface area contributed by atoms with Gasteiger partial charge >= 0.3 is 0 Å². The molecule has 0 saturated heterocycles. The summed E-state index contributed by atoms with van der Waals surface area (Å²) in [6.45, 7) is 27.3. The number of benzene rings is 6. The molecule has 0 spiro atoms. The molecule has 296 valence electrons. The van der Waals surface area contributed by atoms with E-state index in [1.165, 1.54) is 49.0 Å². The van der Waals surface area contributed by atoms with E-state index in [9.17, 15) is 0 Å². The zero-order valence-corrected chi connectivity index (χ0v) is 37.9. The van der Waals surface area contributed by atoms with Gasteiger partial charge in [0.25, 0.3) is 0 Å². The summed E-state index contributed by atoms with van der Waals surface area (Å²) in [6, 6.07) is 45.4. The molecule has 0 fully saturated rings. The second-order valence-corrected chi connectivity index (χ2v) is 21.2. The van der Waals surface area contributed by atoms with Crippen molar-refractivity contribution in [3.05, 3.63) is 165 Å². The van der Waals surface area contributed by atoms with Gasteiger partial charge in [0.15, 0.2) is 0 Å². The SMILES string of the molecule is Cc1cc(N(c2ccc(C(C)(C)C)cc2)c2ccc(C(C)(C)C)cc2)c(Cl)c(N(c2ccc(C(C)(C)C)cc2)c2csc3cc4c(cc23)-c2ccccc2C4(C)C)c1. The van der Waals surface area contributed by atoms with E-state index in [4.69, 9.17) is 11.6 Å². The molecule has 0 saturated carbocycles. The number of rotatable bonds is 6. The smallest absolute Gasteiger partial charge is 0.0887 e. The van der Waals surface area contributed by atoms with Crippen molar-refractivity contribution < 1.29 is 0 Å². The molecular weight excluding hydrogens is 744 g/mol. The highest BCUT2D eigenvalue weighted by Gasteiger charge is 2.36. The van der Waals surface area contributed by atoms with Crippen LogP contribution in [0.15, 0.2) is 127 Å². The Hall–Kier alpha value is -4.83. The Labute approximate surface area is 356 Å². The molecule has 6 aromatic carbocycles. The molecule has 0 bridgehead atoms. The molecule has 0 atom stereocenters. The van der Waals surface area contributed by atoms with Crippen molar-refractivity contribution >= 4 is 67.1 Å². The molecule has 1 heterocycles. The van der Waals surface area contributed by atoms with Crippen LogP contribution in [0.5, 0.6) is 0 Å². The van der Waals surface area contributed by atoms with Gasteiger partial charge < -0.3 is 9.80 Å². The lowest BCUT2D eigenvalue weighted by Gasteiger charge is -2.32.